The molecule has 0 aliphatic heterocycles. The molecule has 2 amide bonds. The first-order chi connectivity index (χ1) is 17.5. The third-order valence-electron chi connectivity index (χ3n) is 7.49. The predicted octanol–water partition coefficient (Wildman–Crippen LogP) is 2.26. The molecule has 5 N–H and O–H groups in total. The van der Waals surface area contributed by atoms with Crippen LogP contribution in [-0.4, -0.2) is 51.6 Å². The van der Waals surface area contributed by atoms with Crippen molar-refractivity contribution < 1.29 is 9.59 Å². The predicted molar refractivity (Wildman–Crippen MR) is 136 cm³/mol. The van der Waals surface area contributed by atoms with Gasteiger partial charge in [-0.2, -0.15) is 5.21 Å². The Labute approximate surface area is 210 Å². The molecule has 5 rings (SSSR count). The normalized spacial score (nSPS) is 16.9. The fourth-order valence-electron chi connectivity index (χ4n) is 5.60. The molecular formula is C27H33N7O2. The zero-order chi connectivity index (χ0) is 25.3. The number of hydrogen-bond acceptors (Lipinski definition) is 6. The second-order valence-corrected chi connectivity index (χ2v) is 9.81. The van der Waals surface area contributed by atoms with Crippen LogP contribution in [0, 0.1) is 5.92 Å². The van der Waals surface area contributed by atoms with Crippen LogP contribution >= 0.6 is 0 Å². The molecule has 2 aliphatic carbocycles. The Hall–Kier alpha value is -3.59. The molecular weight excluding hydrogens is 454 g/mol. The number of benzene rings is 2. The van der Waals surface area contributed by atoms with Gasteiger partial charge in [0.25, 0.3) is 11.8 Å². The van der Waals surface area contributed by atoms with Crippen LogP contribution in [0.25, 0.3) is 0 Å². The molecule has 0 radical (unpaired) electrons. The van der Waals surface area contributed by atoms with Crippen molar-refractivity contribution >= 4 is 11.8 Å². The van der Waals surface area contributed by atoms with Gasteiger partial charge in [0, 0.05) is 30.3 Å². The summed E-state index contributed by atoms with van der Waals surface area (Å²) < 4.78 is 0. The molecule has 36 heavy (non-hydrogen) atoms. The van der Waals surface area contributed by atoms with Gasteiger partial charge in [-0.25, -0.2) is 0 Å². The Balaban J connectivity index is 1.72. The lowest BCUT2D eigenvalue weighted by atomic mass is 9.67. The Kier molecular flexibility index (Phi) is 6.57. The SMILES string of the molecule is CCNC(=O)c1ccc2c(c1)CCc1cc(C(=O)NCC)ccc1C2(C[C@@H](N)C1CC1)c1nn[nH]n1. The number of fused-ring (bicyclic) bond motifs is 2. The lowest BCUT2D eigenvalue weighted by Gasteiger charge is -2.36. The summed E-state index contributed by atoms with van der Waals surface area (Å²) in [5, 5.41) is 21.3. The Morgan fingerprint density at radius 1 is 1.00 bits per heavy atom. The summed E-state index contributed by atoms with van der Waals surface area (Å²) in [6.45, 7) is 4.94. The van der Waals surface area contributed by atoms with E-state index in [4.69, 9.17) is 5.73 Å². The summed E-state index contributed by atoms with van der Waals surface area (Å²) in [5.74, 6) is 0.827. The average molecular weight is 488 g/mol. The summed E-state index contributed by atoms with van der Waals surface area (Å²) in [4.78, 5) is 25.3. The van der Waals surface area contributed by atoms with Crippen molar-refractivity contribution in [1.82, 2.24) is 31.3 Å². The van der Waals surface area contributed by atoms with Gasteiger partial charge in [0.15, 0.2) is 5.82 Å². The highest BCUT2D eigenvalue weighted by Crippen LogP contribution is 2.49. The van der Waals surface area contributed by atoms with Gasteiger partial charge in [0.2, 0.25) is 0 Å². The maximum absolute atomic E-state index is 12.7. The molecule has 2 aromatic carbocycles. The van der Waals surface area contributed by atoms with E-state index < -0.39 is 5.41 Å². The van der Waals surface area contributed by atoms with Gasteiger partial charge in [-0.15, -0.1) is 10.2 Å². The Morgan fingerprint density at radius 2 is 1.56 bits per heavy atom. The molecule has 188 valence electrons. The van der Waals surface area contributed by atoms with Crippen LogP contribution in [0.4, 0.5) is 0 Å². The van der Waals surface area contributed by atoms with Crippen molar-refractivity contribution in [2.75, 3.05) is 13.1 Å². The molecule has 0 saturated heterocycles. The molecule has 2 aliphatic rings. The number of hydrogen-bond donors (Lipinski definition) is 4. The number of H-pyrrole nitrogens is 1. The second-order valence-electron chi connectivity index (χ2n) is 9.81. The number of carbonyl (C=O) groups excluding carboxylic acids is 2. The Morgan fingerprint density at radius 3 is 2.00 bits per heavy atom. The highest BCUT2D eigenvalue weighted by molar-refractivity contribution is 5.95. The van der Waals surface area contributed by atoms with Crippen LogP contribution in [0.15, 0.2) is 36.4 Å². The van der Waals surface area contributed by atoms with Gasteiger partial charge >= 0.3 is 0 Å². The van der Waals surface area contributed by atoms with E-state index in [0.29, 0.717) is 55.2 Å². The number of tetrazole rings is 1. The van der Waals surface area contributed by atoms with E-state index in [-0.39, 0.29) is 17.9 Å². The van der Waals surface area contributed by atoms with Crippen molar-refractivity contribution in [2.24, 2.45) is 11.7 Å². The highest BCUT2D eigenvalue weighted by atomic mass is 16.2. The van der Waals surface area contributed by atoms with Gasteiger partial charge in [-0.05, 0) is 98.4 Å². The van der Waals surface area contributed by atoms with Crippen LogP contribution in [0.2, 0.25) is 0 Å². The number of nitrogens with zero attached hydrogens (tertiary/aromatic N) is 3. The second kappa shape index (κ2) is 9.81. The zero-order valence-electron chi connectivity index (χ0n) is 20.8. The van der Waals surface area contributed by atoms with Crippen molar-refractivity contribution in [1.29, 1.82) is 0 Å². The van der Waals surface area contributed by atoms with E-state index in [9.17, 15) is 9.59 Å². The molecule has 9 heteroatoms. The monoisotopic (exact) mass is 487 g/mol. The summed E-state index contributed by atoms with van der Waals surface area (Å²) in [7, 11) is 0. The van der Waals surface area contributed by atoms with Crippen molar-refractivity contribution in [3.05, 3.63) is 75.6 Å². The first-order valence-corrected chi connectivity index (χ1v) is 12.8. The van der Waals surface area contributed by atoms with Gasteiger partial charge in [0.05, 0.1) is 5.41 Å². The van der Waals surface area contributed by atoms with Crippen LogP contribution in [0.5, 0.6) is 0 Å². The molecule has 0 unspecified atom stereocenters. The fourth-order valence-corrected chi connectivity index (χ4v) is 5.60. The van der Waals surface area contributed by atoms with Crippen LogP contribution in [0.1, 0.15) is 81.9 Å². The highest BCUT2D eigenvalue weighted by Gasteiger charge is 2.47. The molecule has 1 heterocycles. The number of aryl methyl sites for hydroxylation is 2. The topological polar surface area (TPSA) is 139 Å². The van der Waals surface area contributed by atoms with E-state index in [1.165, 1.54) is 0 Å². The van der Waals surface area contributed by atoms with Crippen molar-refractivity contribution in [3.8, 4) is 0 Å². The largest absolute Gasteiger partial charge is 0.352 e. The molecule has 1 saturated carbocycles. The molecule has 1 fully saturated rings. The number of nitrogens with two attached hydrogens (primary N) is 1. The molecule has 0 spiro atoms. The molecule has 0 bridgehead atoms. The maximum Gasteiger partial charge on any atom is 0.251 e. The van der Waals surface area contributed by atoms with E-state index >= 15 is 0 Å². The van der Waals surface area contributed by atoms with E-state index in [1.54, 1.807) is 0 Å². The maximum atomic E-state index is 12.7. The first kappa shape index (κ1) is 24.1. The number of amides is 2. The number of carbonyl (C=O) groups is 2. The lowest BCUT2D eigenvalue weighted by Crippen LogP contribution is -2.40. The third-order valence-corrected chi connectivity index (χ3v) is 7.49. The fraction of sp³-hybridized carbons (Fsp3) is 0.444. The third kappa shape index (κ3) is 4.28. The first-order valence-electron chi connectivity index (χ1n) is 12.8. The molecule has 9 nitrogen and oxygen atoms in total. The van der Waals surface area contributed by atoms with Gasteiger partial charge in [-0.3, -0.25) is 9.59 Å². The van der Waals surface area contributed by atoms with E-state index in [1.807, 2.05) is 50.2 Å². The number of aromatic amines is 1. The average Bonchev–Trinajstić information content (AvgIpc) is 3.62. The van der Waals surface area contributed by atoms with E-state index in [2.05, 4.69) is 31.3 Å². The van der Waals surface area contributed by atoms with Crippen LogP contribution in [0.3, 0.4) is 0 Å². The lowest BCUT2D eigenvalue weighted by molar-refractivity contribution is 0.0947. The quantitative estimate of drug-likeness (QED) is 0.384. The number of nitrogens with one attached hydrogen (secondary N) is 3. The zero-order valence-corrected chi connectivity index (χ0v) is 20.8. The van der Waals surface area contributed by atoms with Gasteiger partial charge < -0.3 is 16.4 Å². The van der Waals surface area contributed by atoms with Crippen molar-refractivity contribution in [3.63, 3.8) is 0 Å². The van der Waals surface area contributed by atoms with E-state index in [0.717, 1.165) is 35.1 Å². The van der Waals surface area contributed by atoms with Crippen molar-refractivity contribution in [2.45, 2.75) is 57.4 Å². The molecule has 1 aromatic heterocycles. The summed E-state index contributed by atoms with van der Waals surface area (Å²) >= 11 is 0. The molecule has 1 atom stereocenters. The standard InChI is InChI=1S/C27H33N7O2/c1-3-29-24(35)19-9-11-21-17(13-19)7-8-18-14-20(25(36)30-4-2)10-12-22(18)27(21,26-31-33-34-32-26)15-23(28)16-5-6-16/h9-14,16,23H,3-8,15,28H2,1-2H3,(H,29,35)(H,30,36)(H,31,32,33,34)/t23-/m1/s1. The van der Waals surface area contributed by atoms with Crippen LogP contribution in [-0.2, 0) is 18.3 Å². The smallest absolute Gasteiger partial charge is 0.251 e. The Bertz CT molecular complexity index is 1200. The number of rotatable bonds is 8. The van der Waals surface area contributed by atoms with Gasteiger partial charge in [-0.1, -0.05) is 17.3 Å². The molecule has 3 aromatic rings. The minimum atomic E-state index is -0.754. The number of aromatic nitrogens is 4. The summed E-state index contributed by atoms with van der Waals surface area (Å²) in [6.07, 6.45) is 4.28. The summed E-state index contributed by atoms with van der Waals surface area (Å²) in [5.41, 5.74) is 11.5. The minimum Gasteiger partial charge on any atom is -0.352 e. The minimum absolute atomic E-state index is 0.0477. The summed E-state index contributed by atoms with van der Waals surface area (Å²) in [6, 6.07) is 11.7. The van der Waals surface area contributed by atoms with Gasteiger partial charge in [0.1, 0.15) is 0 Å². The van der Waals surface area contributed by atoms with Crippen LogP contribution < -0.4 is 16.4 Å².